The van der Waals surface area contributed by atoms with Crippen LogP contribution in [0.2, 0.25) is 0 Å². The molecule has 7 nitrogen and oxygen atoms in total. The van der Waals surface area contributed by atoms with E-state index >= 15 is 0 Å². The van der Waals surface area contributed by atoms with E-state index in [4.69, 9.17) is 4.74 Å². The van der Waals surface area contributed by atoms with Crippen LogP contribution < -0.4 is 10.0 Å². The summed E-state index contributed by atoms with van der Waals surface area (Å²) in [7, 11) is -2.05. The molecule has 1 heterocycles. The lowest BCUT2D eigenvalue weighted by Crippen LogP contribution is -2.27. The zero-order valence-corrected chi connectivity index (χ0v) is 11.3. The maximum atomic E-state index is 11.8. The molecule has 2 N–H and O–H groups in total. The normalized spacial score (nSPS) is 11.4. The molecule has 1 aromatic heterocycles. The summed E-state index contributed by atoms with van der Waals surface area (Å²) in [5.74, 6) is 0.424. The second-order valence-electron chi connectivity index (χ2n) is 3.56. The van der Waals surface area contributed by atoms with Crippen molar-refractivity contribution in [3.05, 3.63) is 12.4 Å². The van der Waals surface area contributed by atoms with Gasteiger partial charge in [-0.15, -0.1) is 0 Å². The van der Waals surface area contributed by atoms with E-state index < -0.39 is 10.0 Å². The minimum Gasteiger partial charge on any atom is -0.383 e. The molecular formula is C10H18N4O3S. The zero-order chi connectivity index (χ0) is 13.4. The van der Waals surface area contributed by atoms with Crippen LogP contribution in [-0.2, 0) is 14.8 Å². The average Bonchev–Trinajstić information content (AvgIpc) is 2.37. The summed E-state index contributed by atoms with van der Waals surface area (Å²) in [6, 6.07) is 0. The van der Waals surface area contributed by atoms with Crippen LogP contribution in [0.5, 0.6) is 0 Å². The highest BCUT2D eigenvalue weighted by molar-refractivity contribution is 7.89. The lowest BCUT2D eigenvalue weighted by Gasteiger charge is -2.06. The first-order valence-corrected chi connectivity index (χ1v) is 7.13. The van der Waals surface area contributed by atoms with E-state index in [0.29, 0.717) is 12.6 Å². The summed E-state index contributed by atoms with van der Waals surface area (Å²) in [6.45, 7) is 3.30. The summed E-state index contributed by atoms with van der Waals surface area (Å²) in [5.41, 5.74) is 0. The monoisotopic (exact) mass is 274 g/mol. The van der Waals surface area contributed by atoms with Gasteiger partial charge in [-0.3, -0.25) is 0 Å². The molecule has 0 aliphatic carbocycles. The summed E-state index contributed by atoms with van der Waals surface area (Å²) >= 11 is 0. The second-order valence-corrected chi connectivity index (χ2v) is 5.33. The van der Waals surface area contributed by atoms with Gasteiger partial charge in [-0.1, -0.05) is 6.92 Å². The predicted molar refractivity (Wildman–Crippen MR) is 67.9 cm³/mol. The van der Waals surface area contributed by atoms with E-state index in [-0.39, 0.29) is 11.4 Å². The number of sulfonamides is 1. The van der Waals surface area contributed by atoms with Crippen LogP contribution in [0.25, 0.3) is 0 Å². The highest BCUT2D eigenvalue weighted by Gasteiger charge is 2.14. The summed E-state index contributed by atoms with van der Waals surface area (Å²) in [5, 5.41) is 2.97. The van der Waals surface area contributed by atoms with Crippen molar-refractivity contribution < 1.29 is 13.2 Å². The number of hydrogen-bond donors (Lipinski definition) is 2. The van der Waals surface area contributed by atoms with Crippen LogP contribution >= 0.6 is 0 Å². The maximum Gasteiger partial charge on any atom is 0.243 e. The first kappa shape index (κ1) is 14.8. The molecule has 102 valence electrons. The van der Waals surface area contributed by atoms with Gasteiger partial charge in [-0.25, -0.2) is 23.1 Å². The zero-order valence-electron chi connectivity index (χ0n) is 10.5. The number of hydrogen-bond acceptors (Lipinski definition) is 6. The number of aromatic nitrogens is 2. The van der Waals surface area contributed by atoms with Crippen LogP contribution in [0.3, 0.4) is 0 Å². The molecule has 8 heteroatoms. The molecule has 0 unspecified atom stereocenters. The first-order chi connectivity index (χ1) is 8.60. The molecule has 0 saturated carbocycles. The fourth-order valence-electron chi connectivity index (χ4n) is 1.14. The van der Waals surface area contributed by atoms with E-state index in [9.17, 15) is 8.42 Å². The van der Waals surface area contributed by atoms with E-state index in [1.54, 1.807) is 0 Å². The SMILES string of the molecule is CCCNc1ncc(S(=O)(=O)NCCOC)cn1. The van der Waals surface area contributed by atoms with Crippen molar-refractivity contribution in [2.75, 3.05) is 32.1 Å². The Balaban J connectivity index is 2.65. The minimum absolute atomic E-state index is 0.0423. The smallest absolute Gasteiger partial charge is 0.243 e. The Morgan fingerprint density at radius 1 is 1.28 bits per heavy atom. The van der Waals surface area contributed by atoms with Crippen molar-refractivity contribution in [1.82, 2.24) is 14.7 Å². The van der Waals surface area contributed by atoms with Crippen molar-refractivity contribution in [2.45, 2.75) is 18.2 Å². The third-order valence-corrected chi connectivity index (χ3v) is 3.49. The van der Waals surface area contributed by atoms with E-state index in [1.165, 1.54) is 19.5 Å². The Morgan fingerprint density at radius 3 is 2.50 bits per heavy atom. The number of nitrogens with one attached hydrogen (secondary N) is 2. The van der Waals surface area contributed by atoms with Crippen LogP contribution in [0.15, 0.2) is 17.3 Å². The predicted octanol–water partition coefficient (Wildman–Crippen LogP) is 0.223. The standard InChI is InChI=1S/C10H18N4O3S/c1-3-4-11-10-12-7-9(8-13-10)18(15,16)14-5-6-17-2/h7-8,14H,3-6H2,1-2H3,(H,11,12,13). The molecule has 0 amide bonds. The summed E-state index contributed by atoms with van der Waals surface area (Å²) in [6.07, 6.45) is 3.50. The van der Waals surface area contributed by atoms with Crippen LogP contribution in [-0.4, -0.2) is 45.2 Å². The maximum absolute atomic E-state index is 11.8. The molecule has 0 aliphatic heterocycles. The molecule has 1 aromatic rings. The highest BCUT2D eigenvalue weighted by atomic mass is 32.2. The molecule has 0 radical (unpaired) electrons. The van der Waals surface area contributed by atoms with E-state index in [2.05, 4.69) is 20.0 Å². The van der Waals surface area contributed by atoms with Crippen LogP contribution in [0.4, 0.5) is 5.95 Å². The quantitative estimate of drug-likeness (QED) is 0.659. The topological polar surface area (TPSA) is 93.2 Å². The van der Waals surface area contributed by atoms with Crippen LogP contribution in [0, 0.1) is 0 Å². The number of rotatable bonds is 8. The average molecular weight is 274 g/mol. The number of ether oxygens (including phenoxy) is 1. The largest absolute Gasteiger partial charge is 0.383 e. The molecule has 0 spiro atoms. The van der Waals surface area contributed by atoms with Gasteiger partial charge in [0, 0.05) is 20.2 Å². The third kappa shape index (κ3) is 4.55. The molecular weight excluding hydrogens is 256 g/mol. The van der Waals surface area contributed by atoms with Crippen LogP contribution in [0.1, 0.15) is 13.3 Å². The Labute approximate surface area is 107 Å². The highest BCUT2D eigenvalue weighted by Crippen LogP contribution is 2.06. The van der Waals surface area contributed by atoms with Gasteiger partial charge in [0.25, 0.3) is 0 Å². The fourth-order valence-corrected chi connectivity index (χ4v) is 2.05. The van der Waals surface area contributed by atoms with Crippen molar-refractivity contribution in [3.63, 3.8) is 0 Å². The number of anilines is 1. The summed E-state index contributed by atoms with van der Waals surface area (Å²) in [4.78, 5) is 7.92. The number of nitrogens with zero attached hydrogens (tertiary/aromatic N) is 2. The molecule has 0 aliphatic rings. The van der Waals surface area contributed by atoms with Gasteiger partial charge in [0.05, 0.1) is 19.0 Å². The lowest BCUT2D eigenvalue weighted by molar-refractivity contribution is 0.204. The first-order valence-electron chi connectivity index (χ1n) is 5.64. The molecule has 0 saturated heterocycles. The fraction of sp³-hybridized carbons (Fsp3) is 0.600. The molecule has 18 heavy (non-hydrogen) atoms. The Morgan fingerprint density at radius 2 is 1.94 bits per heavy atom. The van der Waals surface area contributed by atoms with Gasteiger partial charge in [0.2, 0.25) is 16.0 Å². The Hall–Kier alpha value is -1.25. The van der Waals surface area contributed by atoms with Crippen molar-refractivity contribution in [1.29, 1.82) is 0 Å². The van der Waals surface area contributed by atoms with Crippen molar-refractivity contribution >= 4 is 16.0 Å². The van der Waals surface area contributed by atoms with Gasteiger partial charge in [0.1, 0.15) is 4.90 Å². The van der Waals surface area contributed by atoms with Gasteiger partial charge in [0.15, 0.2) is 0 Å². The van der Waals surface area contributed by atoms with E-state index in [1.807, 2.05) is 6.92 Å². The second kappa shape index (κ2) is 7.24. The van der Waals surface area contributed by atoms with Gasteiger partial charge < -0.3 is 10.1 Å². The van der Waals surface area contributed by atoms with Crippen molar-refractivity contribution in [2.24, 2.45) is 0 Å². The molecule has 1 rings (SSSR count). The third-order valence-electron chi connectivity index (χ3n) is 2.07. The lowest BCUT2D eigenvalue weighted by atomic mass is 10.5. The van der Waals surface area contributed by atoms with Crippen molar-refractivity contribution in [3.8, 4) is 0 Å². The number of methoxy groups -OCH3 is 1. The van der Waals surface area contributed by atoms with E-state index in [0.717, 1.165) is 13.0 Å². The molecule has 0 fully saturated rings. The Kier molecular flexibility index (Phi) is 5.96. The molecule has 0 atom stereocenters. The molecule has 0 aromatic carbocycles. The Bertz CT molecular complexity index is 447. The van der Waals surface area contributed by atoms with Gasteiger partial charge in [-0.2, -0.15) is 0 Å². The minimum atomic E-state index is -3.55. The molecule has 0 bridgehead atoms. The van der Waals surface area contributed by atoms with Gasteiger partial charge in [-0.05, 0) is 6.42 Å². The summed E-state index contributed by atoms with van der Waals surface area (Å²) < 4.78 is 30.7. The van der Waals surface area contributed by atoms with Gasteiger partial charge >= 0.3 is 0 Å².